The minimum Gasteiger partial charge on any atom is -0.392 e. The molecular weight excluding hydrogens is 1060 g/mol. The third-order valence-corrected chi connectivity index (χ3v) is 11.9. The Labute approximate surface area is 496 Å². The number of hydrogen-bond donors (Lipinski definition) is 5. The number of Topliss-reactive ketones (excluding diaryl/α,β-unsaturated/α-hetero) is 1. The fourth-order valence-corrected chi connectivity index (χ4v) is 6.86. The van der Waals surface area contributed by atoms with Crippen LogP contribution < -0.4 is 22.1 Å². The zero-order valence-corrected chi connectivity index (χ0v) is 52.1. The van der Waals surface area contributed by atoms with E-state index in [0.29, 0.717) is 30.3 Å². The number of thiocarbonyl (C=S) groups is 2. The predicted octanol–water partition coefficient (Wildman–Crippen LogP) is 14.2. The van der Waals surface area contributed by atoms with Crippen LogP contribution in [-0.2, 0) is 50.0 Å². The van der Waals surface area contributed by atoms with Crippen LogP contribution in [-0.4, -0.2) is 58.5 Å². The first-order valence-corrected chi connectivity index (χ1v) is 27.7. The van der Waals surface area contributed by atoms with Crippen molar-refractivity contribution in [2.75, 3.05) is 12.4 Å². The Morgan fingerprint density at radius 2 is 0.975 bits per heavy atom. The molecule has 5 heterocycles. The number of isothiocyanates is 1. The second-order valence-electron chi connectivity index (χ2n) is 19.3. The SMILES string of the molecule is CC(=O)c1cccnc1C.CC(C)(C)c1ccc(CN=C=S)cc1.CCc1cccnc1C.CN.Cc1ncccc1CN.Cc1ncccc1CNC(=S)NCc1ccc(C(C)(C)C)cc1.Cc1ncccc1CO.ClCCl.[HH].[HH]. The van der Waals surface area contributed by atoms with Crippen LogP contribution in [0.3, 0.4) is 0 Å². The summed E-state index contributed by atoms with van der Waals surface area (Å²) in [4.78, 5) is 35.2. The lowest BCUT2D eigenvalue weighted by molar-refractivity contribution is 0.101. The number of alkyl halides is 2. The molecule has 0 radical (unpaired) electrons. The van der Waals surface area contributed by atoms with E-state index in [1.807, 2.05) is 77.2 Å². The molecule has 0 aliphatic heterocycles. The van der Waals surface area contributed by atoms with E-state index in [2.05, 4.69) is 173 Å². The molecule has 7 aromatic rings. The molecule has 0 amide bonds. The molecule has 12 nitrogen and oxygen atoms in total. The topological polar surface area (TPSA) is 190 Å². The van der Waals surface area contributed by atoms with E-state index in [1.165, 1.54) is 34.9 Å². The van der Waals surface area contributed by atoms with E-state index < -0.39 is 0 Å². The number of benzene rings is 2. The number of aliphatic imine (C=N–C) groups is 1. The van der Waals surface area contributed by atoms with Gasteiger partial charge in [0.05, 0.1) is 23.7 Å². The van der Waals surface area contributed by atoms with Crippen molar-refractivity contribution in [2.24, 2.45) is 16.5 Å². The van der Waals surface area contributed by atoms with Gasteiger partial charge in [0, 0.05) is 87.5 Å². The van der Waals surface area contributed by atoms with Gasteiger partial charge in [0.25, 0.3) is 0 Å². The summed E-state index contributed by atoms with van der Waals surface area (Å²) in [6.45, 7) is 29.4. The number of aromatic nitrogens is 5. The summed E-state index contributed by atoms with van der Waals surface area (Å²) < 4.78 is 0. The molecule has 79 heavy (non-hydrogen) atoms. The van der Waals surface area contributed by atoms with Gasteiger partial charge in [-0.2, -0.15) is 0 Å². The van der Waals surface area contributed by atoms with E-state index in [0.717, 1.165) is 58.1 Å². The quantitative estimate of drug-likeness (QED) is 0.0377. The van der Waals surface area contributed by atoms with Gasteiger partial charge in [-0.05, 0) is 171 Å². The molecule has 0 aliphatic carbocycles. The highest BCUT2D eigenvalue weighted by Gasteiger charge is 2.14. The first-order valence-electron chi connectivity index (χ1n) is 25.9. The molecule has 0 unspecified atom stereocenters. The van der Waals surface area contributed by atoms with Gasteiger partial charge in [0.2, 0.25) is 0 Å². The van der Waals surface area contributed by atoms with E-state index in [4.69, 9.17) is 46.3 Å². The second kappa shape index (κ2) is 41.8. The zero-order chi connectivity index (χ0) is 59.8. The van der Waals surface area contributed by atoms with Gasteiger partial charge in [-0.1, -0.05) is 121 Å². The molecule has 2 aromatic carbocycles. The van der Waals surface area contributed by atoms with Gasteiger partial charge >= 0.3 is 0 Å². The number of hydrogen-bond acceptors (Lipinski definition) is 12. The Kier molecular flexibility index (Phi) is 38.5. The molecule has 0 saturated carbocycles. The molecule has 5 aromatic heterocycles. The largest absolute Gasteiger partial charge is 0.392 e. The minimum absolute atomic E-state index is 0. The predicted molar refractivity (Wildman–Crippen MR) is 344 cm³/mol. The van der Waals surface area contributed by atoms with Crippen LogP contribution in [0.1, 0.15) is 142 Å². The zero-order valence-electron chi connectivity index (χ0n) is 49.0. The van der Waals surface area contributed by atoms with Crippen LogP contribution in [0.15, 0.2) is 145 Å². The van der Waals surface area contributed by atoms with Crippen molar-refractivity contribution in [1.29, 1.82) is 0 Å². The number of pyridine rings is 5. The summed E-state index contributed by atoms with van der Waals surface area (Å²) in [5.74, 6) is 0.0746. The summed E-state index contributed by atoms with van der Waals surface area (Å²) in [6.07, 6.45) is 9.88. The third-order valence-electron chi connectivity index (χ3n) is 11.5. The second-order valence-corrected chi connectivity index (χ2v) is 20.7. The molecule has 7 rings (SSSR count). The number of aliphatic hydroxyl groups is 1. The number of halogens is 2. The van der Waals surface area contributed by atoms with Gasteiger partial charge in [0.1, 0.15) is 0 Å². The molecule has 0 fully saturated rings. The van der Waals surface area contributed by atoms with Crippen molar-refractivity contribution in [2.45, 2.75) is 140 Å². The lowest BCUT2D eigenvalue weighted by Gasteiger charge is -2.19. The fourth-order valence-electron chi connectivity index (χ4n) is 6.65. The van der Waals surface area contributed by atoms with Crippen molar-refractivity contribution >= 4 is 63.7 Å². The summed E-state index contributed by atoms with van der Waals surface area (Å²) in [7, 11) is 1.50. The maximum atomic E-state index is 10.8. The standard InChI is InChI=1S/C19H25N3S.C12H15NS.C8H9NO.C8H11N.C7H10N2.C7H9NO.CH2Cl2.CH5N.2H2/c1-14-16(6-5-11-20-14)13-22-18(23)21-12-15-7-9-17(10-8-15)19(2,3)4;1-12(2,3)11-6-4-10(5-7-11)8-13-9-14;1-6-8(7(2)10)4-3-5-9-6;1-3-8-5-4-6-9-7(8)2;1-6-7(5-8)3-2-4-9-6;1-6-7(5-9)3-2-4-8-6;2-1-3;1-2;;/h5-11H,12-13H2,1-4H3,(H2,21,22,23);4-7H,8H2,1-3H3;3-5H,1-2H3;4-6H,3H2,1-2H3;2-4H,5,8H2,1H3;2-4,9H,5H2,1H3;1H2;2H2,1H3;2*1H. The third kappa shape index (κ3) is 31.9. The first kappa shape index (κ1) is 72.8. The summed E-state index contributed by atoms with van der Waals surface area (Å²) in [5, 5.41) is 18.4. The molecule has 0 saturated heterocycles. The Morgan fingerprint density at radius 1 is 0.608 bits per heavy atom. The van der Waals surface area contributed by atoms with E-state index in [1.54, 1.807) is 43.8 Å². The number of nitrogens with one attached hydrogen (secondary N) is 2. The summed E-state index contributed by atoms with van der Waals surface area (Å²) >= 11 is 19.4. The van der Waals surface area contributed by atoms with E-state index in [9.17, 15) is 4.79 Å². The van der Waals surface area contributed by atoms with Crippen LogP contribution in [0, 0.1) is 34.6 Å². The molecule has 0 atom stereocenters. The highest BCUT2D eigenvalue weighted by Crippen LogP contribution is 2.23. The van der Waals surface area contributed by atoms with E-state index >= 15 is 0 Å². The highest BCUT2D eigenvalue weighted by molar-refractivity contribution is 7.80. The number of nitrogens with two attached hydrogens (primary N) is 2. The lowest BCUT2D eigenvalue weighted by atomic mass is 9.87. The Morgan fingerprint density at radius 3 is 1.28 bits per heavy atom. The Bertz CT molecular complexity index is 2740. The van der Waals surface area contributed by atoms with Crippen LogP contribution in [0.25, 0.3) is 0 Å². The summed E-state index contributed by atoms with van der Waals surface area (Å²) in [5.41, 5.74) is 25.5. The van der Waals surface area contributed by atoms with Crippen LogP contribution >= 0.6 is 47.6 Å². The van der Waals surface area contributed by atoms with Crippen molar-refractivity contribution in [1.82, 2.24) is 35.6 Å². The van der Waals surface area contributed by atoms with Gasteiger partial charge in [-0.3, -0.25) is 29.7 Å². The number of carbonyl (C=O) groups is 1. The number of aliphatic hydroxyl groups excluding tert-OH is 1. The average molecular weight is 1150 g/mol. The van der Waals surface area contributed by atoms with Crippen molar-refractivity contribution in [3.05, 3.63) is 219 Å². The van der Waals surface area contributed by atoms with Gasteiger partial charge in [-0.15, -0.1) is 23.2 Å². The van der Waals surface area contributed by atoms with Crippen LogP contribution in [0.5, 0.6) is 0 Å². The van der Waals surface area contributed by atoms with E-state index in [-0.39, 0.29) is 31.4 Å². The van der Waals surface area contributed by atoms with Crippen molar-refractivity contribution < 1.29 is 12.8 Å². The Hall–Kier alpha value is -6.19. The first-order chi connectivity index (χ1) is 37.6. The number of carbonyl (C=O) groups excluding carboxylic acids is 1. The molecule has 7 N–H and O–H groups in total. The number of ketones is 1. The number of rotatable bonds is 10. The minimum atomic E-state index is 0. The van der Waals surface area contributed by atoms with Crippen LogP contribution in [0.4, 0.5) is 0 Å². The monoisotopic (exact) mass is 1150 g/mol. The van der Waals surface area contributed by atoms with Gasteiger partial charge in [0.15, 0.2) is 10.9 Å². The highest BCUT2D eigenvalue weighted by atomic mass is 35.5. The lowest BCUT2D eigenvalue weighted by Crippen LogP contribution is -2.34. The fraction of sp³-hybridized carbons (Fsp3) is 0.365. The average Bonchev–Trinajstić information content (AvgIpc) is 3.43. The van der Waals surface area contributed by atoms with Crippen molar-refractivity contribution in [3.8, 4) is 0 Å². The molecule has 0 bridgehead atoms. The maximum Gasteiger partial charge on any atom is 0.166 e. The Balaban J connectivity index is -0.000000918. The van der Waals surface area contributed by atoms with Crippen LogP contribution in [0.2, 0.25) is 0 Å². The van der Waals surface area contributed by atoms with Crippen molar-refractivity contribution in [3.63, 3.8) is 0 Å². The smallest absolute Gasteiger partial charge is 0.166 e. The summed E-state index contributed by atoms with van der Waals surface area (Å²) in [6, 6.07) is 36.4. The maximum absolute atomic E-state index is 10.8. The number of nitrogens with zero attached hydrogens (tertiary/aromatic N) is 6. The molecule has 0 spiro atoms. The van der Waals surface area contributed by atoms with Gasteiger partial charge in [-0.25, -0.2) is 4.99 Å². The molecule has 430 valence electrons. The number of aryl methyl sites for hydroxylation is 6. The molecular formula is C63H90Cl2N10O2S2. The molecule has 16 heteroatoms. The van der Waals surface area contributed by atoms with Gasteiger partial charge < -0.3 is 27.2 Å². The normalized spacial score (nSPS) is 9.91. The molecule has 0 aliphatic rings.